The van der Waals surface area contributed by atoms with Crippen LogP contribution in [0.25, 0.3) is 94.8 Å². The van der Waals surface area contributed by atoms with Crippen molar-refractivity contribution in [2.45, 2.75) is 79.4 Å². The Labute approximate surface area is 407 Å². The second-order valence-electron chi connectivity index (χ2n) is 18.1. The standard InChI is InChI=1S/C44H36N3O2.C14H15N2.Ir/c1-24(2)32-21-29(28-14-8-7-9-15-28)22-33(25(3)4)41(32)47-40-27(6)13-12-17-35(40)45-43(47)31-20-19-26(5)38-34-23-37-39(46-44(34)49-42(31)38)30-16-10-11-18-36(30)48-37;1-14(2,3)12-9-10-15-13(16-12)11-7-5-4-6-8-11;/h7-19,21-25H,1-6H3;4-7,9-10H,1-3H3;/q2*-1;/i5D3,6D3;;. The summed E-state index contributed by atoms with van der Waals surface area (Å²) in [4.78, 5) is 18.9. The minimum atomic E-state index is -2.52. The van der Waals surface area contributed by atoms with Crippen molar-refractivity contribution in [3.8, 4) is 39.6 Å². The van der Waals surface area contributed by atoms with Crippen LogP contribution in [0.2, 0.25) is 0 Å². The molecule has 0 unspecified atom stereocenters. The van der Waals surface area contributed by atoms with Gasteiger partial charge in [-0.05, 0) is 89.0 Å². The number of benzene rings is 6. The summed E-state index contributed by atoms with van der Waals surface area (Å²) in [6, 6.07) is 46.6. The summed E-state index contributed by atoms with van der Waals surface area (Å²) in [6.45, 7) is 9.95. The number of imidazole rings is 1. The van der Waals surface area contributed by atoms with Gasteiger partial charge in [-0.15, -0.1) is 53.6 Å². The van der Waals surface area contributed by atoms with E-state index in [4.69, 9.17) is 27.0 Å². The SMILES string of the molecule is CC(C)(C)c1ccnc(-c2[c-]cccc2)n1.[2H]C([2H])([2H])c1c[c-]c(-c2nc3cccc(C([2H])([2H])[2H])c3n2-c2c(C(C)C)cc(-c3ccccc3)cc2C(C)C)c2oc3nc4c(cc3c12)oc1ccccc14.[Ir]. The third-order valence-electron chi connectivity index (χ3n) is 11.9. The zero-order valence-electron chi connectivity index (χ0n) is 43.7. The molecule has 1 radical (unpaired) electrons. The van der Waals surface area contributed by atoms with Gasteiger partial charge in [0.1, 0.15) is 11.1 Å². The first-order chi connectivity index (χ1) is 33.8. The van der Waals surface area contributed by atoms with Crippen LogP contribution in [-0.2, 0) is 25.5 Å². The molecular weight excluding hydrogens is 991 g/mol. The quantitative estimate of drug-likeness (QED) is 0.154. The van der Waals surface area contributed by atoms with Gasteiger partial charge in [0.25, 0.3) is 0 Å². The zero-order chi connectivity index (χ0) is 50.1. The van der Waals surface area contributed by atoms with E-state index in [-0.39, 0.29) is 59.8 Å². The van der Waals surface area contributed by atoms with Gasteiger partial charge in [0.15, 0.2) is 5.58 Å². The van der Waals surface area contributed by atoms with Crippen LogP contribution in [0.5, 0.6) is 0 Å². The van der Waals surface area contributed by atoms with Crippen LogP contribution in [0.4, 0.5) is 0 Å². The third kappa shape index (κ3) is 7.92. The van der Waals surface area contributed by atoms with Crippen molar-refractivity contribution in [3.63, 3.8) is 0 Å². The maximum absolute atomic E-state index is 8.65. The second kappa shape index (κ2) is 17.6. The molecule has 11 rings (SSSR count). The molecule has 8 heteroatoms. The van der Waals surface area contributed by atoms with Gasteiger partial charge in [-0.25, -0.2) is 4.98 Å². The number of hydrogen-bond acceptors (Lipinski definition) is 6. The summed E-state index contributed by atoms with van der Waals surface area (Å²) in [5.41, 5.74) is 10.7. The van der Waals surface area contributed by atoms with Crippen molar-refractivity contribution in [1.29, 1.82) is 0 Å². The number of fused-ring (bicyclic) bond motifs is 7. The predicted octanol–water partition coefficient (Wildman–Crippen LogP) is 15.5. The van der Waals surface area contributed by atoms with Crippen molar-refractivity contribution in [2.24, 2.45) is 0 Å². The molecule has 0 saturated carbocycles. The maximum Gasteiger partial charge on any atom is 0.216 e. The molecule has 0 aliphatic carbocycles. The maximum atomic E-state index is 8.65. The van der Waals surface area contributed by atoms with Gasteiger partial charge in [0.2, 0.25) is 5.71 Å². The fourth-order valence-electron chi connectivity index (χ4n) is 8.60. The molecule has 5 heterocycles. The van der Waals surface area contributed by atoms with E-state index < -0.39 is 13.7 Å². The molecule has 0 aliphatic rings. The number of aryl methyl sites for hydroxylation is 2. The molecule has 6 aromatic carbocycles. The van der Waals surface area contributed by atoms with E-state index in [1.54, 1.807) is 24.3 Å². The molecule has 0 saturated heterocycles. The Kier molecular flexibility index (Phi) is 9.98. The minimum absolute atomic E-state index is 0. The van der Waals surface area contributed by atoms with Gasteiger partial charge in [0, 0.05) is 62.1 Å². The first kappa shape index (κ1) is 37.5. The molecule has 0 bridgehead atoms. The number of pyridine rings is 1. The Morgan fingerprint density at radius 2 is 1.42 bits per heavy atom. The first-order valence-corrected chi connectivity index (χ1v) is 21.9. The van der Waals surface area contributed by atoms with Crippen LogP contribution in [0, 0.1) is 25.8 Å². The molecule has 0 fully saturated rings. The van der Waals surface area contributed by atoms with Gasteiger partial charge in [0.05, 0.1) is 28.3 Å². The van der Waals surface area contributed by atoms with E-state index >= 15 is 0 Å². The van der Waals surface area contributed by atoms with Gasteiger partial charge < -0.3 is 13.4 Å². The predicted molar refractivity (Wildman–Crippen MR) is 266 cm³/mol. The number of para-hydroxylation sites is 2. The topological polar surface area (TPSA) is 82.8 Å². The van der Waals surface area contributed by atoms with Gasteiger partial charge in [-0.2, -0.15) is 0 Å². The number of furan rings is 2. The molecule has 0 aliphatic heterocycles. The van der Waals surface area contributed by atoms with Crippen molar-refractivity contribution in [3.05, 3.63) is 174 Å². The van der Waals surface area contributed by atoms with Crippen LogP contribution < -0.4 is 0 Å². The van der Waals surface area contributed by atoms with Crippen molar-refractivity contribution < 1.29 is 37.2 Å². The summed E-state index contributed by atoms with van der Waals surface area (Å²) in [5, 5.41) is 1.63. The molecule has 7 nitrogen and oxygen atoms in total. The minimum Gasteiger partial charge on any atom is -0.486 e. The van der Waals surface area contributed by atoms with E-state index in [2.05, 4.69) is 94.8 Å². The van der Waals surface area contributed by atoms with Gasteiger partial charge in [-0.1, -0.05) is 121 Å². The van der Waals surface area contributed by atoms with Gasteiger partial charge in [-0.3, -0.25) is 15.0 Å². The number of nitrogens with zero attached hydrogens (tertiary/aromatic N) is 5. The zero-order valence-corrected chi connectivity index (χ0v) is 40.1. The molecule has 0 amide bonds. The fourth-order valence-corrected chi connectivity index (χ4v) is 8.60. The summed E-state index contributed by atoms with van der Waals surface area (Å²) < 4.78 is 66.3. The summed E-state index contributed by atoms with van der Waals surface area (Å²) >= 11 is 0. The Hall–Kier alpha value is -6.73. The molecule has 331 valence electrons. The molecule has 0 atom stereocenters. The second-order valence-corrected chi connectivity index (χ2v) is 18.1. The normalized spacial score (nSPS) is 13.6. The molecule has 11 aromatic rings. The first-order valence-electron chi connectivity index (χ1n) is 24.9. The molecule has 0 spiro atoms. The van der Waals surface area contributed by atoms with Crippen LogP contribution in [-0.4, -0.2) is 24.5 Å². The summed E-state index contributed by atoms with van der Waals surface area (Å²) in [7, 11) is 0. The van der Waals surface area contributed by atoms with Crippen LogP contribution in [0.15, 0.2) is 142 Å². The monoisotopic (exact) mass is 1050 g/mol. The molecule has 0 N–H and O–H groups in total. The summed E-state index contributed by atoms with van der Waals surface area (Å²) in [6.07, 6.45) is 1.81. The van der Waals surface area contributed by atoms with E-state index in [0.717, 1.165) is 50.4 Å². The third-order valence-corrected chi connectivity index (χ3v) is 11.9. The van der Waals surface area contributed by atoms with E-state index in [0.29, 0.717) is 49.9 Å². The number of aromatic nitrogens is 5. The van der Waals surface area contributed by atoms with Crippen molar-refractivity contribution in [1.82, 2.24) is 24.5 Å². The van der Waals surface area contributed by atoms with Gasteiger partial charge >= 0.3 is 0 Å². The summed E-state index contributed by atoms with van der Waals surface area (Å²) in [5.74, 6) is 1.15. The Morgan fingerprint density at radius 3 is 2.14 bits per heavy atom. The van der Waals surface area contributed by atoms with Crippen LogP contribution >= 0.6 is 0 Å². The van der Waals surface area contributed by atoms with E-state index in [1.165, 1.54) is 6.07 Å². The Morgan fingerprint density at radius 1 is 0.682 bits per heavy atom. The Bertz CT molecular complexity index is 3760. The van der Waals surface area contributed by atoms with Crippen molar-refractivity contribution >= 4 is 55.2 Å². The number of hydrogen-bond donors (Lipinski definition) is 0. The smallest absolute Gasteiger partial charge is 0.216 e. The fraction of sp³-hybridized carbons (Fsp3) is 0.207. The van der Waals surface area contributed by atoms with E-state index in [9.17, 15) is 0 Å². The van der Waals surface area contributed by atoms with E-state index in [1.807, 2.05) is 83.6 Å². The average Bonchev–Trinajstić information content (AvgIpc) is 4.03. The Balaban J connectivity index is 0.000000321. The molecule has 66 heavy (non-hydrogen) atoms. The van der Waals surface area contributed by atoms with Crippen molar-refractivity contribution in [2.75, 3.05) is 0 Å². The van der Waals surface area contributed by atoms with Crippen LogP contribution in [0.1, 0.15) is 96.5 Å². The largest absolute Gasteiger partial charge is 0.486 e. The number of rotatable bonds is 6. The average molecular weight is 1050 g/mol. The molecular formula is C58H51IrN5O2-2. The molecule has 5 aromatic heterocycles. The van der Waals surface area contributed by atoms with Crippen LogP contribution in [0.3, 0.4) is 0 Å².